The van der Waals surface area contributed by atoms with Gasteiger partial charge in [-0.15, -0.1) is 0 Å². The van der Waals surface area contributed by atoms with Crippen molar-refractivity contribution < 1.29 is 23.9 Å². The third-order valence-electron chi connectivity index (χ3n) is 3.19. The standard InChI is InChI=1S/C14H16N2O5/c1-20-11-5-3-2-4-10(11)16-7-9(6-13(16)18)14(19)21-8-12(15)17/h2-5,9H,6-8H2,1H3,(H2,15,17)/t9-/m0/s1. The van der Waals surface area contributed by atoms with E-state index < -0.39 is 24.4 Å². The molecular weight excluding hydrogens is 276 g/mol. The average Bonchev–Trinajstić information content (AvgIpc) is 2.86. The summed E-state index contributed by atoms with van der Waals surface area (Å²) in [6.07, 6.45) is 0.0373. The molecule has 0 unspecified atom stereocenters. The Kier molecular flexibility index (Phi) is 4.42. The van der Waals surface area contributed by atoms with Crippen LogP contribution in [0.2, 0.25) is 0 Å². The monoisotopic (exact) mass is 292 g/mol. The Morgan fingerprint density at radius 3 is 2.76 bits per heavy atom. The molecule has 0 saturated carbocycles. The number of amides is 2. The van der Waals surface area contributed by atoms with Crippen LogP contribution in [0, 0.1) is 5.92 Å². The van der Waals surface area contributed by atoms with Crippen LogP contribution in [-0.4, -0.2) is 38.0 Å². The average molecular weight is 292 g/mol. The van der Waals surface area contributed by atoms with E-state index >= 15 is 0 Å². The van der Waals surface area contributed by atoms with Gasteiger partial charge in [0.1, 0.15) is 5.75 Å². The lowest BCUT2D eigenvalue weighted by Gasteiger charge is -2.19. The maximum atomic E-state index is 12.1. The molecular formula is C14H16N2O5. The maximum absolute atomic E-state index is 12.1. The lowest BCUT2D eigenvalue weighted by molar-refractivity contribution is -0.151. The van der Waals surface area contributed by atoms with E-state index in [1.165, 1.54) is 12.0 Å². The van der Waals surface area contributed by atoms with Gasteiger partial charge in [-0.3, -0.25) is 14.4 Å². The van der Waals surface area contributed by atoms with Crippen LogP contribution in [0.3, 0.4) is 0 Å². The highest BCUT2D eigenvalue weighted by Crippen LogP contribution is 2.32. The van der Waals surface area contributed by atoms with E-state index in [4.69, 9.17) is 15.2 Å². The van der Waals surface area contributed by atoms with Gasteiger partial charge in [0.25, 0.3) is 5.91 Å². The highest BCUT2D eigenvalue weighted by molar-refractivity contribution is 6.00. The smallest absolute Gasteiger partial charge is 0.311 e. The molecule has 7 heteroatoms. The number of ether oxygens (including phenoxy) is 2. The van der Waals surface area contributed by atoms with Crippen molar-refractivity contribution in [2.24, 2.45) is 11.7 Å². The van der Waals surface area contributed by atoms with E-state index in [2.05, 4.69) is 0 Å². The van der Waals surface area contributed by atoms with Crippen molar-refractivity contribution in [3.05, 3.63) is 24.3 Å². The van der Waals surface area contributed by atoms with Crippen LogP contribution >= 0.6 is 0 Å². The first-order valence-electron chi connectivity index (χ1n) is 6.41. The number of primary amides is 1. The quantitative estimate of drug-likeness (QED) is 0.775. The van der Waals surface area contributed by atoms with E-state index in [1.54, 1.807) is 24.3 Å². The highest BCUT2D eigenvalue weighted by Gasteiger charge is 2.37. The summed E-state index contributed by atoms with van der Waals surface area (Å²) in [4.78, 5) is 35.9. The zero-order valence-electron chi connectivity index (χ0n) is 11.6. The molecule has 0 aliphatic carbocycles. The second kappa shape index (κ2) is 6.25. The molecule has 1 fully saturated rings. The molecule has 2 amide bonds. The molecule has 0 spiro atoms. The number of nitrogens with two attached hydrogens (primary N) is 1. The summed E-state index contributed by atoms with van der Waals surface area (Å²) in [7, 11) is 1.51. The van der Waals surface area contributed by atoms with Crippen molar-refractivity contribution in [2.45, 2.75) is 6.42 Å². The molecule has 0 radical (unpaired) electrons. The van der Waals surface area contributed by atoms with Crippen molar-refractivity contribution >= 4 is 23.5 Å². The van der Waals surface area contributed by atoms with Crippen LogP contribution in [0.15, 0.2) is 24.3 Å². The summed E-state index contributed by atoms with van der Waals surface area (Å²) in [6, 6.07) is 7.06. The molecule has 0 aromatic heterocycles. The van der Waals surface area contributed by atoms with Crippen molar-refractivity contribution in [2.75, 3.05) is 25.2 Å². The van der Waals surface area contributed by atoms with Gasteiger partial charge in [0.15, 0.2) is 6.61 Å². The molecule has 21 heavy (non-hydrogen) atoms. The van der Waals surface area contributed by atoms with Gasteiger partial charge in [0.2, 0.25) is 5.91 Å². The topological polar surface area (TPSA) is 98.9 Å². The number of rotatable bonds is 5. The number of hydrogen-bond donors (Lipinski definition) is 1. The van der Waals surface area contributed by atoms with Crippen molar-refractivity contribution in [3.63, 3.8) is 0 Å². The largest absolute Gasteiger partial charge is 0.495 e. The first-order chi connectivity index (χ1) is 10.0. The molecule has 2 N–H and O–H groups in total. The van der Waals surface area contributed by atoms with E-state index in [1.807, 2.05) is 0 Å². The number of carbonyl (C=O) groups excluding carboxylic acids is 3. The summed E-state index contributed by atoms with van der Waals surface area (Å²) in [5, 5.41) is 0. The van der Waals surface area contributed by atoms with Crippen LogP contribution in [-0.2, 0) is 19.1 Å². The molecule has 2 rings (SSSR count). The number of methoxy groups -OCH3 is 1. The van der Waals surface area contributed by atoms with E-state index in [-0.39, 0.29) is 18.9 Å². The second-order valence-electron chi connectivity index (χ2n) is 4.65. The predicted molar refractivity (Wildman–Crippen MR) is 73.6 cm³/mol. The molecule has 1 aliphatic heterocycles. The molecule has 1 saturated heterocycles. The second-order valence-corrected chi connectivity index (χ2v) is 4.65. The molecule has 1 heterocycles. The fourth-order valence-electron chi connectivity index (χ4n) is 2.21. The molecule has 1 aromatic rings. The SMILES string of the molecule is COc1ccccc1N1C[C@@H](C(=O)OCC(N)=O)CC1=O. The van der Waals surface area contributed by atoms with Crippen LogP contribution in [0.5, 0.6) is 5.75 Å². The number of esters is 1. The van der Waals surface area contributed by atoms with Gasteiger partial charge in [-0.1, -0.05) is 12.1 Å². The predicted octanol–water partition coefficient (Wildman–Crippen LogP) is 0.0766. The minimum atomic E-state index is -0.728. The minimum Gasteiger partial charge on any atom is -0.495 e. The van der Waals surface area contributed by atoms with Crippen LogP contribution in [0.4, 0.5) is 5.69 Å². The molecule has 1 atom stereocenters. The number of carbonyl (C=O) groups is 3. The molecule has 112 valence electrons. The van der Waals surface area contributed by atoms with Gasteiger partial charge < -0.3 is 20.1 Å². The summed E-state index contributed by atoms with van der Waals surface area (Å²) in [5.41, 5.74) is 5.52. The first-order valence-corrected chi connectivity index (χ1v) is 6.41. The number of nitrogens with zero attached hydrogens (tertiary/aromatic N) is 1. The third kappa shape index (κ3) is 3.31. The Morgan fingerprint density at radius 2 is 2.10 bits per heavy atom. The Balaban J connectivity index is 2.09. The number of hydrogen-bond acceptors (Lipinski definition) is 5. The summed E-state index contributed by atoms with van der Waals surface area (Å²) in [6.45, 7) is -0.283. The minimum absolute atomic E-state index is 0.0373. The Morgan fingerprint density at radius 1 is 1.38 bits per heavy atom. The number of anilines is 1. The maximum Gasteiger partial charge on any atom is 0.311 e. The van der Waals surface area contributed by atoms with Gasteiger partial charge in [0.05, 0.1) is 18.7 Å². The Hall–Kier alpha value is -2.57. The fraction of sp³-hybridized carbons (Fsp3) is 0.357. The number of para-hydroxylation sites is 2. The molecule has 1 aliphatic rings. The zero-order chi connectivity index (χ0) is 15.4. The van der Waals surface area contributed by atoms with Gasteiger partial charge in [-0.25, -0.2) is 0 Å². The zero-order valence-corrected chi connectivity index (χ0v) is 11.6. The molecule has 0 bridgehead atoms. The summed E-state index contributed by atoms with van der Waals surface area (Å²) in [5.74, 6) is -1.58. The van der Waals surface area contributed by atoms with Gasteiger partial charge in [-0.2, -0.15) is 0 Å². The van der Waals surface area contributed by atoms with E-state index in [0.29, 0.717) is 11.4 Å². The first kappa shape index (κ1) is 14.8. The summed E-state index contributed by atoms with van der Waals surface area (Å²) < 4.78 is 9.96. The Labute approximate surface area is 121 Å². The lowest BCUT2D eigenvalue weighted by Crippen LogP contribution is -2.28. The lowest BCUT2D eigenvalue weighted by atomic mass is 10.1. The van der Waals surface area contributed by atoms with E-state index in [9.17, 15) is 14.4 Å². The summed E-state index contributed by atoms with van der Waals surface area (Å²) >= 11 is 0. The van der Waals surface area contributed by atoms with E-state index in [0.717, 1.165) is 0 Å². The third-order valence-corrected chi connectivity index (χ3v) is 3.19. The highest BCUT2D eigenvalue weighted by atomic mass is 16.5. The van der Waals surface area contributed by atoms with Crippen LogP contribution in [0.25, 0.3) is 0 Å². The van der Waals surface area contributed by atoms with Crippen molar-refractivity contribution in [1.82, 2.24) is 0 Å². The number of benzene rings is 1. The molecule has 7 nitrogen and oxygen atoms in total. The van der Waals surface area contributed by atoms with Gasteiger partial charge >= 0.3 is 5.97 Å². The van der Waals surface area contributed by atoms with Crippen molar-refractivity contribution in [3.8, 4) is 5.75 Å². The van der Waals surface area contributed by atoms with Gasteiger partial charge in [0, 0.05) is 13.0 Å². The van der Waals surface area contributed by atoms with Crippen LogP contribution < -0.4 is 15.4 Å². The fourth-order valence-corrected chi connectivity index (χ4v) is 2.21. The van der Waals surface area contributed by atoms with Crippen molar-refractivity contribution in [1.29, 1.82) is 0 Å². The molecule has 1 aromatic carbocycles. The van der Waals surface area contributed by atoms with Gasteiger partial charge in [-0.05, 0) is 12.1 Å². The van der Waals surface area contributed by atoms with Crippen LogP contribution in [0.1, 0.15) is 6.42 Å². The Bertz CT molecular complexity index is 572. The normalized spacial score (nSPS) is 17.7.